The van der Waals surface area contributed by atoms with E-state index in [0.717, 1.165) is 27.0 Å². The molecule has 3 rings (SSSR count). The molecule has 0 unspecified atom stereocenters. The molecule has 18 heavy (non-hydrogen) atoms. The summed E-state index contributed by atoms with van der Waals surface area (Å²) in [5, 5.41) is 3.88. The molecule has 0 aliphatic heterocycles. The molecule has 0 saturated heterocycles. The summed E-state index contributed by atoms with van der Waals surface area (Å²) in [5.74, 6) is 0.799. The highest BCUT2D eigenvalue weighted by atomic mass is 79.9. The second-order valence-electron chi connectivity index (χ2n) is 4.11. The molecule has 1 aromatic carbocycles. The topological polar surface area (TPSA) is 46.8 Å². The molecule has 0 fully saturated rings. The quantitative estimate of drug-likeness (QED) is 0.729. The smallest absolute Gasteiger partial charge is 0.178 e. The van der Waals surface area contributed by atoms with Crippen molar-refractivity contribution in [2.75, 3.05) is 0 Å². The van der Waals surface area contributed by atoms with Crippen LogP contribution < -0.4 is 0 Å². The van der Waals surface area contributed by atoms with Gasteiger partial charge in [-0.05, 0) is 37.3 Å². The molecule has 0 aliphatic rings. The number of rotatable bonds is 2. The zero-order valence-corrected chi connectivity index (χ0v) is 12.0. The van der Waals surface area contributed by atoms with Crippen LogP contribution in [0.2, 0.25) is 0 Å². The van der Waals surface area contributed by atoms with Gasteiger partial charge in [-0.25, -0.2) is 0 Å². The Labute approximate surface area is 117 Å². The van der Waals surface area contributed by atoms with Crippen molar-refractivity contribution < 1.29 is 4.52 Å². The predicted octanol–water partition coefficient (Wildman–Crippen LogP) is 3.81. The van der Waals surface area contributed by atoms with Gasteiger partial charge in [0.2, 0.25) is 0 Å². The fraction of sp³-hybridized carbons (Fsp3) is 0.167. The first-order chi connectivity index (χ1) is 8.63. The molecule has 2 heterocycles. The highest BCUT2D eigenvalue weighted by Gasteiger charge is 2.08. The van der Waals surface area contributed by atoms with E-state index in [-0.39, 0.29) is 0 Å². The maximum Gasteiger partial charge on any atom is 0.178 e. The van der Waals surface area contributed by atoms with Gasteiger partial charge in [0.1, 0.15) is 0 Å². The third-order valence-corrected chi connectivity index (χ3v) is 3.54. The molecular weight excluding hydrogens is 314 g/mol. The lowest BCUT2D eigenvalue weighted by molar-refractivity contribution is 0.373. The fourth-order valence-corrected chi connectivity index (χ4v) is 2.57. The monoisotopic (exact) mass is 323 g/mol. The molecule has 3 aromatic rings. The third kappa shape index (κ3) is 2.02. The third-order valence-electron chi connectivity index (χ3n) is 2.73. The van der Waals surface area contributed by atoms with E-state index in [0.29, 0.717) is 11.3 Å². The van der Waals surface area contributed by atoms with Gasteiger partial charge in [-0.1, -0.05) is 21.1 Å². The van der Waals surface area contributed by atoms with E-state index in [2.05, 4.69) is 26.1 Å². The lowest BCUT2D eigenvalue weighted by Crippen LogP contribution is -1.98. The minimum atomic E-state index is 0.585. The number of halogens is 1. The van der Waals surface area contributed by atoms with Crippen molar-refractivity contribution in [1.29, 1.82) is 0 Å². The molecule has 0 saturated carbocycles. The number of H-pyrrole nitrogens is 1. The molecule has 6 heteroatoms. The van der Waals surface area contributed by atoms with Crippen LogP contribution in [0.3, 0.4) is 0 Å². The van der Waals surface area contributed by atoms with Gasteiger partial charge in [0, 0.05) is 10.5 Å². The summed E-state index contributed by atoms with van der Waals surface area (Å²) in [6.45, 7) is 2.49. The van der Waals surface area contributed by atoms with E-state index in [1.54, 1.807) is 0 Å². The number of imidazole rings is 1. The lowest BCUT2D eigenvalue weighted by atomic mass is 10.3. The van der Waals surface area contributed by atoms with E-state index in [9.17, 15) is 0 Å². The first-order valence-electron chi connectivity index (χ1n) is 5.44. The van der Waals surface area contributed by atoms with Crippen LogP contribution in [-0.2, 0) is 6.54 Å². The second-order valence-corrected chi connectivity index (χ2v) is 5.41. The maximum atomic E-state index is 5.33. The Balaban J connectivity index is 2.11. The number of benzene rings is 1. The number of aryl methyl sites for hydroxylation is 1. The van der Waals surface area contributed by atoms with Crippen molar-refractivity contribution in [2.45, 2.75) is 13.5 Å². The van der Waals surface area contributed by atoms with E-state index in [4.69, 9.17) is 16.7 Å². The standard InChI is InChI=1S/C12H10BrN3OS/c1-7-4-9(17-15-7)6-16-11-3-2-8(13)5-10(11)14-12(16)18/h2-5H,6H2,1H3,(H,14,18). The van der Waals surface area contributed by atoms with Gasteiger partial charge < -0.3 is 14.1 Å². The Morgan fingerprint density at radius 3 is 3.00 bits per heavy atom. The Kier molecular flexibility index (Phi) is 2.83. The van der Waals surface area contributed by atoms with Crippen molar-refractivity contribution >= 4 is 39.2 Å². The van der Waals surface area contributed by atoms with E-state index >= 15 is 0 Å². The SMILES string of the molecule is Cc1cc(Cn2c(=S)[nH]c3cc(Br)ccc32)on1. The molecule has 0 aliphatic carbocycles. The number of aromatic nitrogens is 3. The molecule has 0 amide bonds. The van der Waals surface area contributed by atoms with Gasteiger partial charge >= 0.3 is 0 Å². The maximum absolute atomic E-state index is 5.33. The first-order valence-corrected chi connectivity index (χ1v) is 6.64. The number of nitrogens with zero attached hydrogens (tertiary/aromatic N) is 2. The molecule has 0 bridgehead atoms. The van der Waals surface area contributed by atoms with Gasteiger partial charge in [0.05, 0.1) is 23.3 Å². The molecule has 2 aromatic heterocycles. The Morgan fingerprint density at radius 2 is 2.28 bits per heavy atom. The summed E-state index contributed by atoms with van der Waals surface area (Å²) in [5.41, 5.74) is 2.93. The molecule has 1 N–H and O–H groups in total. The molecular formula is C12H10BrN3OS. The summed E-state index contributed by atoms with van der Waals surface area (Å²) in [6.07, 6.45) is 0. The van der Waals surface area contributed by atoms with Crippen LogP contribution in [-0.4, -0.2) is 14.7 Å². The Bertz CT molecular complexity index is 771. The lowest BCUT2D eigenvalue weighted by Gasteiger charge is -2.00. The van der Waals surface area contributed by atoms with E-state index < -0.39 is 0 Å². The number of hydrogen-bond acceptors (Lipinski definition) is 3. The summed E-state index contributed by atoms with van der Waals surface area (Å²) in [4.78, 5) is 3.18. The van der Waals surface area contributed by atoms with Gasteiger partial charge in [-0.15, -0.1) is 0 Å². The van der Waals surface area contributed by atoms with E-state index in [1.807, 2.05) is 35.8 Å². The minimum absolute atomic E-state index is 0.585. The summed E-state index contributed by atoms with van der Waals surface area (Å²) in [6, 6.07) is 7.94. The van der Waals surface area contributed by atoms with Gasteiger partial charge in [-0.3, -0.25) is 0 Å². The molecule has 0 atom stereocenters. The average Bonchev–Trinajstić information content (AvgIpc) is 2.84. The van der Waals surface area contributed by atoms with Gasteiger partial charge in [-0.2, -0.15) is 0 Å². The van der Waals surface area contributed by atoms with Crippen molar-refractivity contribution in [3.05, 3.63) is 45.0 Å². The van der Waals surface area contributed by atoms with Crippen LogP contribution >= 0.6 is 28.1 Å². The minimum Gasteiger partial charge on any atom is -0.359 e. The van der Waals surface area contributed by atoms with Crippen LogP contribution in [0.1, 0.15) is 11.5 Å². The highest BCUT2D eigenvalue weighted by Crippen LogP contribution is 2.20. The highest BCUT2D eigenvalue weighted by molar-refractivity contribution is 9.10. The Morgan fingerprint density at radius 1 is 1.44 bits per heavy atom. The normalized spacial score (nSPS) is 11.2. The average molecular weight is 324 g/mol. The van der Waals surface area contributed by atoms with Crippen LogP contribution in [0.5, 0.6) is 0 Å². The Hall–Kier alpha value is -1.40. The summed E-state index contributed by atoms with van der Waals surface area (Å²) in [7, 11) is 0. The van der Waals surface area contributed by atoms with Crippen molar-refractivity contribution in [1.82, 2.24) is 14.7 Å². The zero-order valence-electron chi connectivity index (χ0n) is 9.61. The number of hydrogen-bond donors (Lipinski definition) is 1. The van der Waals surface area contributed by atoms with Crippen molar-refractivity contribution in [3.8, 4) is 0 Å². The summed E-state index contributed by atoms with van der Waals surface area (Å²) >= 11 is 8.78. The van der Waals surface area contributed by atoms with Crippen LogP contribution in [0, 0.1) is 11.7 Å². The first kappa shape index (κ1) is 11.7. The van der Waals surface area contributed by atoms with Gasteiger partial charge in [0.25, 0.3) is 0 Å². The van der Waals surface area contributed by atoms with E-state index in [1.165, 1.54) is 0 Å². The second kappa shape index (κ2) is 4.37. The van der Waals surface area contributed by atoms with Crippen molar-refractivity contribution in [3.63, 3.8) is 0 Å². The van der Waals surface area contributed by atoms with Gasteiger partial charge in [0.15, 0.2) is 10.5 Å². The summed E-state index contributed by atoms with van der Waals surface area (Å²) < 4.78 is 8.92. The number of fused-ring (bicyclic) bond motifs is 1. The molecule has 92 valence electrons. The van der Waals surface area contributed by atoms with Crippen LogP contribution in [0.25, 0.3) is 11.0 Å². The molecule has 4 nitrogen and oxygen atoms in total. The number of aromatic amines is 1. The number of nitrogens with one attached hydrogen (secondary N) is 1. The van der Waals surface area contributed by atoms with Crippen LogP contribution in [0.4, 0.5) is 0 Å². The fourth-order valence-electron chi connectivity index (χ4n) is 1.94. The molecule has 0 radical (unpaired) electrons. The van der Waals surface area contributed by atoms with Crippen LogP contribution in [0.15, 0.2) is 33.3 Å². The predicted molar refractivity (Wildman–Crippen MR) is 75.2 cm³/mol. The zero-order chi connectivity index (χ0) is 12.7. The largest absolute Gasteiger partial charge is 0.359 e. The molecule has 0 spiro atoms. The van der Waals surface area contributed by atoms with Crippen molar-refractivity contribution in [2.24, 2.45) is 0 Å².